The molecule has 1 atom stereocenters. The fourth-order valence-corrected chi connectivity index (χ4v) is 1.43. The van der Waals surface area contributed by atoms with E-state index in [1.165, 1.54) is 4.90 Å². The molecule has 2 N–H and O–H groups in total. The van der Waals surface area contributed by atoms with Crippen LogP contribution in [0.4, 0.5) is 4.79 Å². The van der Waals surface area contributed by atoms with Crippen molar-refractivity contribution in [3.05, 3.63) is 12.7 Å². The van der Waals surface area contributed by atoms with E-state index in [1.54, 1.807) is 6.08 Å². The number of hydrogen-bond donors (Lipinski definition) is 2. The topological polar surface area (TPSA) is 69.6 Å². The molecule has 0 fully saturated rings. The minimum atomic E-state index is -1.00. The van der Waals surface area contributed by atoms with E-state index in [9.17, 15) is 9.59 Å². The number of rotatable bonds is 7. The Morgan fingerprint density at radius 1 is 1.41 bits per heavy atom. The Hall–Kier alpha value is -1.52. The molecule has 0 saturated carbocycles. The zero-order valence-corrected chi connectivity index (χ0v) is 10.8. The van der Waals surface area contributed by atoms with Gasteiger partial charge in [0.2, 0.25) is 0 Å². The SMILES string of the molecule is C=CCC(C)NC(=O)N(CC(=O)O)CC(C)C. The van der Waals surface area contributed by atoms with Gasteiger partial charge in [-0.2, -0.15) is 0 Å². The maximum atomic E-state index is 11.8. The Bertz CT molecular complexity index is 277. The van der Waals surface area contributed by atoms with Crippen LogP contribution in [0.15, 0.2) is 12.7 Å². The lowest BCUT2D eigenvalue weighted by Gasteiger charge is -2.24. The van der Waals surface area contributed by atoms with Gasteiger partial charge in [-0.1, -0.05) is 19.9 Å². The largest absolute Gasteiger partial charge is 0.480 e. The summed E-state index contributed by atoms with van der Waals surface area (Å²) in [7, 11) is 0. The first-order valence-corrected chi connectivity index (χ1v) is 5.75. The minimum Gasteiger partial charge on any atom is -0.480 e. The van der Waals surface area contributed by atoms with Gasteiger partial charge in [-0.05, 0) is 19.3 Å². The van der Waals surface area contributed by atoms with Gasteiger partial charge in [0.15, 0.2) is 0 Å². The highest BCUT2D eigenvalue weighted by atomic mass is 16.4. The fourth-order valence-electron chi connectivity index (χ4n) is 1.43. The average Bonchev–Trinajstić information content (AvgIpc) is 2.15. The van der Waals surface area contributed by atoms with Crippen LogP contribution in [0.1, 0.15) is 27.2 Å². The smallest absolute Gasteiger partial charge is 0.323 e. The Morgan fingerprint density at radius 3 is 2.41 bits per heavy atom. The van der Waals surface area contributed by atoms with Gasteiger partial charge in [-0.25, -0.2) is 4.79 Å². The van der Waals surface area contributed by atoms with E-state index >= 15 is 0 Å². The molecule has 0 saturated heterocycles. The molecule has 0 aliphatic carbocycles. The lowest BCUT2D eigenvalue weighted by molar-refractivity contribution is -0.137. The monoisotopic (exact) mass is 242 g/mol. The van der Waals surface area contributed by atoms with E-state index in [0.717, 1.165) is 0 Å². The van der Waals surface area contributed by atoms with Crippen molar-refractivity contribution in [3.63, 3.8) is 0 Å². The van der Waals surface area contributed by atoms with E-state index in [-0.39, 0.29) is 24.5 Å². The molecule has 0 aliphatic rings. The molecule has 2 amide bonds. The van der Waals surface area contributed by atoms with Crippen LogP contribution in [0.25, 0.3) is 0 Å². The molecular formula is C12H22N2O3. The van der Waals surface area contributed by atoms with E-state index < -0.39 is 5.97 Å². The molecule has 0 aromatic rings. The summed E-state index contributed by atoms with van der Waals surface area (Å²) in [5.74, 6) is -0.771. The molecule has 0 aliphatic heterocycles. The highest BCUT2D eigenvalue weighted by molar-refractivity contribution is 5.80. The second-order valence-electron chi connectivity index (χ2n) is 4.54. The molecule has 98 valence electrons. The van der Waals surface area contributed by atoms with Gasteiger partial charge < -0.3 is 15.3 Å². The molecule has 5 heteroatoms. The number of carbonyl (C=O) groups is 2. The normalized spacial score (nSPS) is 12.0. The summed E-state index contributed by atoms with van der Waals surface area (Å²) < 4.78 is 0. The Morgan fingerprint density at radius 2 is 2.00 bits per heavy atom. The zero-order valence-electron chi connectivity index (χ0n) is 10.8. The quantitative estimate of drug-likeness (QED) is 0.668. The molecule has 0 heterocycles. The summed E-state index contributed by atoms with van der Waals surface area (Å²) in [6.45, 7) is 9.48. The van der Waals surface area contributed by atoms with Crippen LogP contribution in [0.3, 0.4) is 0 Å². The summed E-state index contributed by atoms with van der Waals surface area (Å²) in [5.41, 5.74) is 0. The van der Waals surface area contributed by atoms with Crippen molar-refractivity contribution in [2.75, 3.05) is 13.1 Å². The van der Waals surface area contributed by atoms with Crippen LogP contribution < -0.4 is 5.32 Å². The predicted octanol–water partition coefficient (Wildman–Crippen LogP) is 1.70. The predicted molar refractivity (Wildman–Crippen MR) is 66.9 cm³/mol. The number of hydrogen-bond acceptors (Lipinski definition) is 2. The van der Waals surface area contributed by atoms with Crippen LogP contribution in [-0.4, -0.2) is 41.1 Å². The molecule has 0 spiro atoms. The summed E-state index contributed by atoms with van der Waals surface area (Å²) >= 11 is 0. The second-order valence-corrected chi connectivity index (χ2v) is 4.54. The van der Waals surface area contributed by atoms with Gasteiger partial charge >= 0.3 is 12.0 Å². The number of urea groups is 1. The number of aliphatic carboxylic acids is 1. The van der Waals surface area contributed by atoms with E-state index in [1.807, 2.05) is 20.8 Å². The number of amides is 2. The first kappa shape index (κ1) is 15.5. The van der Waals surface area contributed by atoms with E-state index in [0.29, 0.717) is 13.0 Å². The zero-order chi connectivity index (χ0) is 13.4. The summed E-state index contributed by atoms with van der Waals surface area (Å²) in [5, 5.41) is 11.5. The average molecular weight is 242 g/mol. The maximum Gasteiger partial charge on any atom is 0.323 e. The number of carboxylic acids is 1. The van der Waals surface area contributed by atoms with Crippen LogP contribution in [0.2, 0.25) is 0 Å². The van der Waals surface area contributed by atoms with Crippen LogP contribution in [0, 0.1) is 5.92 Å². The molecule has 17 heavy (non-hydrogen) atoms. The third kappa shape index (κ3) is 7.38. The highest BCUT2D eigenvalue weighted by Crippen LogP contribution is 2.01. The van der Waals surface area contributed by atoms with Gasteiger partial charge in [0, 0.05) is 12.6 Å². The molecule has 0 aromatic carbocycles. The standard InChI is InChI=1S/C12H22N2O3/c1-5-6-10(4)13-12(17)14(7-9(2)3)8-11(15)16/h5,9-10H,1,6-8H2,2-4H3,(H,13,17)(H,15,16). The van der Waals surface area contributed by atoms with E-state index in [2.05, 4.69) is 11.9 Å². The Kier molecular flexibility index (Phi) is 7.02. The number of nitrogens with one attached hydrogen (secondary N) is 1. The lowest BCUT2D eigenvalue weighted by Crippen LogP contribution is -2.47. The molecule has 0 rings (SSSR count). The number of carboxylic acid groups (broad SMARTS) is 1. The molecule has 0 radical (unpaired) electrons. The number of carbonyl (C=O) groups excluding carboxylic acids is 1. The van der Waals surface area contributed by atoms with Crippen molar-refractivity contribution in [3.8, 4) is 0 Å². The third-order valence-electron chi connectivity index (χ3n) is 2.09. The highest BCUT2D eigenvalue weighted by Gasteiger charge is 2.18. The van der Waals surface area contributed by atoms with E-state index in [4.69, 9.17) is 5.11 Å². The summed E-state index contributed by atoms with van der Waals surface area (Å²) in [6, 6.07) is -0.376. The van der Waals surface area contributed by atoms with Crippen molar-refractivity contribution in [2.24, 2.45) is 5.92 Å². The molecule has 0 aromatic heterocycles. The van der Waals surface area contributed by atoms with Crippen molar-refractivity contribution in [1.82, 2.24) is 10.2 Å². The van der Waals surface area contributed by atoms with Crippen molar-refractivity contribution in [1.29, 1.82) is 0 Å². The summed E-state index contributed by atoms with van der Waals surface area (Å²) in [6.07, 6.45) is 2.38. The van der Waals surface area contributed by atoms with Gasteiger partial charge in [-0.3, -0.25) is 4.79 Å². The lowest BCUT2D eigenvalue weighted by atomic mass is 10.2. The molecule has 5 nitrogen and oxygen atoms in total. The van der Waals surface area contributed by atoms with Gasteiger partial charge in [0.1, 0.15) is 6.54 Å². The van der Waals surface area contributed by atoms with Crippen LogP contribution >= 0.6 is 0 Å². The third-order valence-corrected chi connectivity index (χ3v) is 2.09. The summed E-state index contributed by atoms with van der Waals surface area (Å²) in [4.78, 5) is 23.8. The molecular weight excluding hydrogens is 220 g/mol. The molecule has 1 unspecified atom stereocenters. The van der Waals surface area contributed by atoms with Gasteiger partial charge in [0.05, 0.1) is 0 Å². The Labute approximate surface area is 102 Å². The first-order chi connectivity index (χ1) is 7.86. The van der Waals surface area contributed by atoms with Crippen LogP contribution in [-0.2, 0) is 4.79 Å². The second kappa shape index (κ2) is 7.70. The van der Waals surface area contributed by atoms with Crippen molar-refractivity contribution >= 4 is 12.0 Å². The van der Waals surface area contributed by atoms with Crippen molar-refractivity contribution in [2.45, 2.75) is 33.2 Å². The Balaban J connectivity index is 4.40. The molecule has 0 bridgehead atoms. The number of nitrogens with zero attached hydrogens (tertiary/aromatic N) is 1. The van der Waals surface area contributed by atoms with Gasteiger partial charge in [0.25, 0.3) is 0 Å². The van der Waals surface area contributed by atoms with Gasteiger partial charge in [-0.15, -0.1) is 6.58 Å². The van der Waals surface area contributed by atoms with Crippen molar-refractivity contribution < 1.29 is 14.7 Å². The minimum absolute atomic E-state index is 0.0385. The first-order valence-electron chi connectivity index (χ1n) is 5.75. The fraction of sp³-hybridized carbons (Fsp3) is 0.667. The van der Waals surface area contributed by atoms with Crippen LogP contribution in [0.5, 0.6) is 0 Å². The maximum absolute atomic E-state index is 11.8.